The molecule has 0 saturated heterocycles. The number of carboxylic acids is 1. The second-order valence-corrected chi connectivity index (χ2v) is 4.95. The Morgan fingerprint density at radius 1 is 1.25 bits per heavy atom. The zero-order chi connectivity index (χ0) is 15.1. The molecule has 5 heteroatoms. The summed E-state index contributed by atoms with van der Waals surface area (Å²) < 4.78 is 0. The highest BCUT2D eigenvalue weighted by atomic mass is 16.4. The highest BCUT2D eigenvalue weighted by Gasteiger charge is 2.16. The lowest BCUT2D eigenvalue weighted by Gasteiger charge is -2.18. The summed E-state index contributed by atoms with van der Waals surface area (Å²) in [5.74, 6) is -0.907. The second kappa shape index (κ2) is 7.53. The molecule has 5 nitrogen and oxygen atoms in total. The largest absolute Gasteiger partial charge is 0.481 e. The molecule has 0 aliphatic carbocycles. The first-order chi connectivity index (χ1) is 9.43. The van der Waals surface area contributed by atoms with Crippen molar-refractivity contribution in [1.29, 1.82) is 0 Å². The molecule has 1 aromatic carbocycles. The summed E-state index contributed by atoms with van der Waals surface area (Å²) in [4.78, 5) is 22.7. The lowest BCUT2D eigenvalue weighted by molar-refractivity contribution is -0.137. The van der Waals surface area contributed by atoms with E-state index in [2.05, 4.69) is 10.6 Å². The third-order valence-corrected chi connectivity index (χ3v) is 3.11. The fourth-order valence-corrected chi connectivity index (χ4v) is 2.13. The van der Waals surface area contributed by atoms with E-state index in [1.165, 1.54) is 0 Å². The van der Waals surface area contributed by atoms with Crippen molar-refractivity contribution in [3.05, 3.63) is 29.3 Å². The van der Waals surface area contributed by atoms with Gasteiger partial charge in [-0.25, -0.2) is 4.79 Å². The molecule has 0 saturated carbocycles. The van der Waals surface area contributed by atoms with E-state index in [-0.39, 0.29) is 18.5 Å². The summed E-state index contributed by atoms with van der Waals surface area (Å²) in [6.07, 6.45) is 1.40. The van der Waals surface area contributed by atoms with Gasteiger partial charge in [-0.3, -0.25) is 4.79 Å². The van der Waals surface area contributed by atoms with Crippen molar-refractivity contribution in [3.8, 4) is 0 Å². The zero-order valence-electron chi connectivity index (χ0n) is 12.2. The maximum absolute atomic E-state index is 12.0. The lowest BCUT2D eigenvalue weighted by atomic mass is 10.1. The molecule has 0 aliphatic heterocycles. The molecule has 110 valence electrons. The fraction of sp³-hybridized carbons (Fsp3) is 0.467. The van der Waals surface area contributed by atoms with Gasteiger partial charge in [0.1, 0.15) is 0 Å². The number of hydrogen-bond donors (Lipinski definition) is 3. The van der Waals surface area contributed by atoms with Gasteiger partial charge < -0.3 is 15.7 Å². The van der Waals surface area contributed by atoms with Crippen LogP contribution in [0, 0.1) is 13.8 Å². The number of carbonyl (C=O) groups excluding carboxylic acids is 1. The monoisotopic (exact) mass is 278 g/mol. The zero-order valence-corrected chi connectivity index (χ0v) is 12.2. The van der Waals surface area contributed by atoms with Gasteiger partial charge in [0.15, 0.2) is 0 Å². The molecule has 0 bridgehead atoms. The van der Waals surface area contributed by atoms with Crippen LogP contribution in [0.1, 0.15) is 37.3 Å². The van der Waals surface area contributed by atoms with E-state index in [1.807, 2.05) is 39.0 Å². The molecule has 20 heavy (non-hydrogen) atoms. The maximum atomic E-state index is 12.0. The van der Waals surface area contributed by atoms with Crippen molar-refractivity contribution in [3.63, 3.8) is 0 Å². The van der Waals surface area contributed by atoms with Crippen LogP contribution in [0.3, 0.4) is 0 Å². The molecule has 0 radical (unpaired) electrons. The number of hydrogen-bond acceptors (Lipinski definition) is 2. The first kappa shape index (κ1) is 16.0. The molecular weight excluding hydrogens is 256 g/mol. The normalized spacial score (nSPS) is 11.8. The predicted octanol–water partition coefficient (Wildman–Crippen LogP) is 3.07. The molecule has 0 aliphatic rings. The summed E-state index contributed by atoms with van der Waals surface area (Å²) in [7, 11) is 0. The van der Waals surface area contributed by atoms with Gasteiger partial charge in [0, 0.05) is 11.7 Å². The van der Waals surface area contributed by atoms with E-state index in [4.69, 9.17) is 5.11 Å². The minimum absolute atomic E-state index is 0.0615. The molecule has 0 aromatic heterocycles. The molecule has 1 unspecified atom stereocenters. The Morgan fingerprint density at radius 2 is 1.85 bits per heavy atom. The van der Waals surface area contributed by atoms with Crippen LogP contribution in [0.2, 0.25) is 0 Å². The van der Waals surface area contributed by atoms with E-state index in [0.29, 0.717) is 6.42 Å². The number of para-hydroxylation sites is 1. The van der Waals surface area contributed by atoms with E-state index >= 15 is 0 Å². The molecular formula is C15H22N2O3. The van der Waals surface area contributed by atoms with Crippen molar-refractivity contribution < 1.29 is 14.7 Å². The first-order valence-electron chi connectivity index (χ1n) is 6.79. The van der Waals surface area contributed by atoms with Gasteiger partial charge in [-0.15, -0.1) is 0 Å². The SMILES string of the molecule is CCCC(CC(=O)O)NC(=O)Nc1c(C)cccc1C. The lowest BCUT2D eigenvalue weighted by Crippen LogP contribution is -2.39. The number of anilines is 1. The Morgan fingerprint density at radius 3 is 2.35 bits per heavy atom. The van der Waals surface area contributed by atoms with Crippen LogP contribution < -0.4 is 10.6 Å². The number of aryl methyl sites for hydroxylation is 2. The molecule has 1 rings (SSSR count). The summed E-state index contributed by atoms with van der Waals surface area (Å²) >= 11 is 0. The number of urea groups is 1. The number of amides is 2. The maximum Gasteiger partial charge on any atom is 0.319 e. The van der Waals surface area contributed by atoms with Crippen LogP contribution in [-0.2, 0) is 4.79 Å². The highest BCUT2D eigenvalue weighted by Crippen LogP contribution is 2.19. The van der Waals surface area contributed by atoms with E-state index in [9.17, 15) is 9.59 Å². The number of carboxylic acid groups (broad SMARTS) is 1. The first-order valence-corrected chi connectivity index (χ1v) is 6.79. The smallest absolute Gasteiger partial charge is 0.319 e. The highest BCUT2D eigenvalue weighted by molar-refractivity contribution is 5.91. The fourth-order valence-electron chi connectivity index (χ4n) is 2.13. The Labute approximate surface area is 119 Å². The molecule has 3 N–H and O–H groups in total. The minimum atomic E-state index is -0.907. The minimum Gasteiger partial charge on any atom is -0.481 e. The Bertz CT molecular complexity index is 466. The van der Waals surface area contributed by atoms with Gasteiger partial charge in [-0.05, 0) is 31.4 Å². The predicted molar refractivity (Wildman–Crippen MR) is 79.0 cm³/mol. The van der Waals surface area contributed by atoms with Crippen LogP contribution in [0.4, 0.5) is 10.5 Å². The van der Waals surface area contributed by atoms with Gasteiger partial charge >= 0.3 is 12.0 Å². The van der Waals surface area contributed by atoms with E-state index in [1.54, 1.807) is 0 Å². The van der Waals surface area contributed by atoms with Crippen molar-refractivity contribution in [1.82, 2.24) is 5.32 Å². The number of benzene rings is 1. The average Bonchev–Trinajstić information content (AvgIpc) is 2.33. The standard InChI is InChI=1S/C15H22N2O3/c1-4-6-12(9-13(18)19)16-15(20)17-14-10(2)7-5-8-11(14)3/h5,7-8,12H,4,6,9H2,1-3H3,(H,18,19)(H2,16,17,20). The quantitative estimate of drug-likeness (QED) is 0.748. The van der Waals surface area contributed by atoms with Crippen molar-refractivity contribution in [2.45, 2.75) is 46.1 Å². The van der Waals surface area contributed by atoms with Crippen LogP contribution in [-0.4, -0.2) is 23.1 Å². The Kier molecular flexibility index (Phi) is 6.03. The van der Waals surface area contributed by atoms with Crippen molar-refractivity contribution in [2.75, 3.05) is 5.32 Å². The molecule has 1 aromatic rings. The van der Waals surface area contributed by atoms with Gasteiger partial charge in [0.2, 0.25) is 0 Å². The number of aliphatic carboxylic acids is 1. The summed E-state index contributed by atoms with van der Waals surface area (Å²) in [5, 5.41) is 14.3. The Hall–Kier alpha value is -2.04. The third-order valence-electron chi connectivity index (χ3n) is 3.11. The third kappa shape index (κ3) is 4.91. The van der Waals surface area contributed by atoms with Crippen LogP contribution in [0.5, 0.6) is 0 Å². The van der Waals surface area contributed by atoms with Crippen molar-refractivity contribution in [2.24, 2.45) is 0 Å². The van der Waals surface area contributed by atoms with Crippen LogP contribution in [0.25, 0.3) is 0 Å². The van der Waals surface area contributed by atoms with Crippen molar-refractivity contribution >= 4 is 17.7 Å². The summed E-state index contributed by atoms with van der Waals surface area (Å²) in [5.41, 5.74) is 2.73. The number of nitrogens with one attached hydrogen (secondary N) is 2. The van der Waals surface area contributed by atoms with Gasteiger partial charge in [-0.2, -0.15) is 0 Å². The number of rotatable bonds is 6. The Balaban J connectivity index is 2.68. The van der Waals surface area contributed by atoms with Crippen LogP contribution in [0.15, 0.2) is 18.2 Å². The van der Waals surface area contributed by atoms with Gasteiger partial charge in [-0.1, -0.05) is 31.5 Å². The summed E-state index contributed by atoms with van der Waals surface area (Å²) in [6.45, 7) is 5.80. The second-order valence-electron chi connectivity index (χ2n) is 4.95. The van der Waals surface area contributed by atoms with E-state index < -0.39 is 5.97 Å². The van der Waals surface area contributed by atoms with E-state index in [0.717, 1.165) is 23.2 Å². The molecule has 0 heterocycles. The average molecular weight is 278 g/mol. The van der Waals surface area contributed by atoms with Gasteiger partial charge in [0.25, 0.3) is 0 Å². The molecule has 1 atom stereocenters. The summed E-state index contributed by atoms with van der Waals surface area (Å²) in [6, 6.07) is 5.06. The molecule has 2 amide bonds. The van der Waals surface area contributed by atoms with Gasteiger partial charge in [0.05, 0.1) is 6.42 Å². The van der Waals surface area contributed by atoms with Crippen LogP contribution >= 0.6 is 0 Å². The molecule has 0 fully saturated rings. The molecule has 0 spiro atoms. The topological polar surface area (TPSA) is 78.4 Å². The number of carbonyl (C=O) groups is 2.